The molecule has 1 aromatic heterocycles. The fraction of sp³-hybridized carbons (Fsp3) is 0.125. The summed E-state index contributed by atoms with van der Waals surface area (Å²) in [6, 6.07) is 11.0. The van der Waals surface area contributed by atoms with Crippen LogP contribution in [0.2, 0.25) is 0 Å². The molecule has 0 fully saturated rings. The predicted molar refractivity (Wildman–Crippen MR) is 82.6 cm³/mol. The maximum atomic E-state index is 12.0. The summed E-state index contributed by atoms with van der Waals surface area (Å²) < 4.78 is 6.64. The molecule has 0 atom stereocenters. The van der Waals surface area contributed by atoms with Gasteiger partial charge < -0.3 is 9.52 Å². The number of carbonyl (C=O) groups is 2. The molecule has 0 aliphatic rings. The van der Waals surface area contributed by atoms with Crippen LogP contribution in [0.15, 0.2) is 45.3 Å². The fourth-order valence-electron chi connectivity index (χ4n) is 2.30. The van der Waals surface area contributed by atoms with Crippen LogP contribution in [0, 0.1) is 0 Å². The van der Waals surface area contributed by atoms with Crippen LogP contribution in [-0.2, 0) is 4.79 Å². The van der Waals surface area contributed by atoms with E-state index in [4.69, 9.17) is 9.52 Å². The van der Waals surface area contributed by atoms with Gasteiger partial charge in [0.25, 0.3) is 0 Å². The Kier molecular flexibility index (Phi) is 3.51. The zero-order valence-electron chi connectivity index (χ0n) is 10.9. The predicted octanol–water partition coefficient (Wildman–Crippen LogP) is 4.40. The van der Waals surface area contributed by atoms with Crippen LogP contribution in [0.3, 0.4) is 0 Å². The number of hydrogen-bond acceptors (Lipinski definition) is 3. The smallest absolute Gasteiger partial charge is 0.303 e. The lowest BCUT2D eigenvalue weighted by atomic mass is 10.0. The van der Waals surface area contributed by atoms with Gasteiger partial charge in [0.1, 0.15) is 11.2 Å². The Bertz CT molecular complexity index is 863. The van der Waals surface area contributed by atoms with E-state index >= 15 is 0 Å². The SMILES string of the molecule is O=C(O)CCC(=O)c1ccc2c(c1)oc1c(Br)cccc12. The largest absolute Gasteiger partial charge is 0.481 e. The second-order valence-corrected chi connectivity index (χ2v) is 5.60. The third kappa shape index (κ3) is 2.56. The summed E-state index contributed by atoms with van der Waals surface area (Å²) in [5, 5.41) is 10.5. The van der Waals surface area contributed by atoms with E-state index in [0.29, 0.717) is 11.1 Å². The number of halogens is 1. The number of rotatable bonds is 4. The van der Waals surface area contributed by atoms with Crippen molar-refractivity contribution >= 4 is 49.6 Å². The zero-order chi connectivity index (χ0) is 15.0. The van der Waals surface area contributed by atoms with Gasteiger partial charge in [0, 0.05) is 22.8 Å². The molecule has 0 aliphatic carbocycles. The lowest BCUT2D eigenvalue weighted by Crippen LogP contribution is -2.03. The molecule has 3 aromatic rings. The van der Waals surface area contributed by atoms with E-state index in [9.17, 15) is 9.59 Å². The first-order chi connectivity index (χ1) is 10.1. The number of carbonyl (C=O) groups excluding carboxylic acids is 1. The summed E-state index contributed by atoms with van der Waals surface area (Å²) in [7, 11) is 0. The molecule has 1 N–H and O–H groups in total. The number of Topliss-reactive ketones (excluding diaryl/α,β-unsaturated/α-hetero) is 1. The zero-order valence-corrected chi connectivity index (χ0v) is 12.5. The third-order valence-electron chi connectivity index (χ3n) is 3.34. The van der Waals surface area contributed by atoms with Crippen molar-refractivity contribution in [3.63, 3.8) is 0 Å². The molecule has 0 unspecified atom stereocenters. The van der Waals surface area contributed by atoms with Crippen LogP contribution >= 0.6 is 15.9 Å². The topological polar surface area (TPSA) is 67.5 Å². The summed E-state index contributed by atoms with van der Waals surface area (Å²) in [5.74, 6) is -1.17. The second-order valence-electron chi connectivity index (χ2n) is 4.75. The lowest BCUT2D eigenvalue weighted by Gasteiger charge is -1.99. The average molecular weight is 347 g/mol. The van der Waals surface area contributed by atoms with Crippen LogP contribution in [0.5, 0.6) is 0 Å². The molecule has 0 bridgehead atoms. The van der Waals surface area contributed by atoms with Crippen molar-refractivity contribution < 1.29 is 19.1 Å². The number of furan rings is 1. The molecule has 0 spiro atoms. The first kappa shape index (κ1) is 13.8. The van der Waals surface area contributed by atoms with Gasteiger partial charge in [-0.3, -0.25) is 9.59 Å². The molecule has 1 heterocycles. The molecule has 0 amide bonds. The minimum absolute atomic E-state index is 0.00916. The Morgan fingerprint density at radius 2 is 1.90 bits per heavy atom. The molecule has 5 heteroatoms. The number of carboxylic acids is 1. The molecule has 106 valence electrons. The van der Waals surface area contributed by atoms with Crippen molar-refractivity contribution in [2.75, 3.05) is 0 Å². The van der Waals surface area contributed by atoms with Gasteiger partial charge in [-0.25, -0.2) is 0 Å². The van der Waals surface area contributed by atoms with Gasteiger partial charge in [0.05, 0.1) is 10.9 Å². The Morgan fingerprint density at radius 3 is 2.67 bits per heavy atom. The molecule has 0 radical (unpaired) electrons. The normalized spacial score (nSPS) is 11.1. The number of hydrogen-bond donors (Lipinski definition) is 1. The highest BCUT2D eigenvalue weighted by Gasteiger charge is 2.13. The number of aliphatic carboxylic acids is 1. The first-order valence-electron chi connectivity index (χ1n) is 6.42. The van der Waals surface area contributed by atoms with Crippen molar-refractivity contribution in [2.24, 2.45) is 0 Å². The molecule has 0 saturated heterocycles. The molecule has 4 nitrogen and oxygen atoms in total. The Morgan fingerprint density at radius 1 is 1.10 bits per heavy atom. The minimum atomic E-state index is -0.975. The highest BCUT2D eigenvalue weighted by molar-refractivity contribution is 9.10. The summed E-state index contributed by atoms with van der Waals surface area (Å²) in [6.45, 7) is 0. The standard InChI is InChI=1S/C16H11BrO4/c17-12-3-1-2-11-10-5-4-9(8-14(10)21-16(11)12)13(18)6-7-15(19)20/h1-5,8H,6-7H2,(H,19,20). The van der Waals surface area contributed by atoms with Gasteiger partial charge in [0.2, 0.25) is 0 Å². The number of ketones is 1. The van der Waals surface area contributed by atoms with Gasteiger partial charge in [0.15, 0.2) is 5.78 Å². The molecule has 21 heavy (non-hydrogen) atoms. The van der Waals surface area contributed by atoms with Crippen LogP contribution in [0.4, 0.5) is 0 Å². The molecule has 0 saturated carbocycles. The second kappa shape index (κ2) is 5.33. The Labute approximate surface area is 128 Å². The van der Waals surface area contributed by atoms with Gasteiger partial charge in [-0.15, -0.1) is 0 Å². The van der Waals surface area contributed by atoms with E-state index < -0.39 is 5.97 Å². The molecular formula is C16H11BrO4. The van der Waals surface area contributed by atoms with Crippen molar-refractivity contribution in [3.8, 4) is 0 Å². The summed E-state index contributed by atoms with van der Waals surface area (Å²) in [6.07, 6.45) is -0.173. The lowest BCUT2D eigenvalue weighted by molar-refractivity contribution is -0.136. The fourth-order valence-corrected chi connectivity index (χ4v) is 2.75. The van der Waals surface area contributed by atoms with Gasteiger partial charge in [-0.1, -0.05) is 18.2 Å². The maximum Gasteiger partial charge on any atom is 0.303 e. The van der Waals surface area contributed by atoms with Crippen LogP contribution in [-0.4, -0.2) is 16.9 Å². The minimum Gasteiger partial charge on any atom is -0.481 e. The van der Waals surface area contributed by atoms with Gasteiger partial charge in [-0.05, 0) is 34.1 Å². The highest BCUT2D eigenvalue weighted by Crippen LogP contribution is 2.33. The number of fused-ring (bicyclic) bond motifs is 3. The van der Waals surface area contributed by atoms with E-state index in [1.807, 2.05) is 24.3 Å². The monoisotopic (exact) mass is 346 g/mol. The molecular weight excluding hydrogens is 336 g/mol. The van der Waals surface area contributed by atoms with Gasteiger partial charge in [-0.2, -0.15) is 0 Å². The van der Waals surface area contributed by atoms with Gasteiger partial charge >= 0.3 is 5.97 Å². The van der Waals surface area contributed by atoms with Crippen LogP contribution in [0.25, 0.3) is 21.9 Å². The van der Waals surface area contributed by atoms with Crippen molar-refractivity contribution in [1.29, 1.82) is 0 Å². The van der Waals surface area contributed by atoms with Crippen molar-refractivity contribution in [1.82, 2.24) is 0 Å². The van der Waals surface area contributed by atoms with E-state index in [1.165, 1.54) is 0 Å². The number of carboxylic acid groups (broad SMARTS) is 1. The first-order valence-corrected chi connectivity index (χ1v) is 7.21. The Hall–Kier alpha value is -2.14. The quantitative estimate of drug-likeness (QED) is 0.711. The average Bonchev–Trinajstić information content (AvgIpc) is 2.84. The number of para-hydroxylation sites is 1. The molecule has 3 rings (SSSR count). The highest BCUT2D eigenvalue weighted by atomic mass is 79.9. The summed E-state index contributed by atoms with van der Waals surface area (Å²) in [4.78, 5) is 22.5. The molecule has 0 aliphatic heterocycles. The summed E-state index contributed by atoms with van der Waals surface area (Å²) in [5.41, 5.74) is 1.83. The van der Waals surface area contributed by atoms with E-state index in [1.54, 1.807) is 12.1 Å². The molecule has 2 aromatic carbocycles. The van der Waals surface area contributed by atoms with Crippen LogP contribution < -0.4 is 0 Å². The van der Waals surface area contributed by atoms with Crippen molar-refractivity contribution in [3.05, 3.63) is 46.4 Å². The third-order valence-corrected chi connectivity index (χ3v) is 3.96. The van der Waals surface area contributed by atoms with E-state index in [0.717, 1.165) is 20.8 Å². The summed E-state index contributed by atoms with van der Waals surface area (Å²) >= 11 is 3.44. The van der Waals surface area contributed by atoms with E-state index in [2.05, 4.69) is 15.9 Å². The number of benzene rings is 2. The van der Waals surface area contributed by atoms with Crippen LogP contribution in [0.1, 0.15) is 23.2 Å². The Balaban J connectivity index is 2.04. The van der Waals surface area contributed by atoms with Crippen molar-refractivity contribution in [2.45, 2.75) is 12.8 Å². The van der Waals surface area contributed by atoms with E-state index in [-0.39, 0.29) is 18.6 Å². The maximum absolute atomic E-state index is 12.0.